The SMILES string of the molecule is CCOC(=O)CCCn1cncc1Cn1cc(C(=O)N2CCN(C)CC2)c(-c2cccc3ccccc23)c1. The van der Waals surface area contributed by atoms with E-state index >= 15 is 0 Å². The van der Waals surface area contributed by atoms with Crippen molar-refractivity contribution in [3.63, 3.8) is 0 Å². The molecule has 1 amide bonds. The normalized spacial score (nSPS) is 14.2. The minimum Gasteiger partial charge on any atom is -0.466 e. The third-order valence-electron chi connectivity index (χ3n) is 7.21. The van der Waals surface area contributed by atoms with Crippen LogP contribution in [0.2, 0.25) is 0 Å². The van der Waals surface area contributed by atoms with Crippen LogP contribution in [0.1, 0.15) is 35.8 Å². The zero-order valence-corrected chi connectivity index (χ0v) is 22.2. The van der Waals surface area contributed by atoms with Crippen molar-refractivity contribution in [2.24, 2.45) is 0 Å². The fourth-order valence-electron chi connectivity index (χ4n) is 5.12. The molecule has 0 unspecified atom stereocenters. The summed E-state index contributed by atoms with van der Waals surface area (Å²) in [5.74, 6) is -0.103. The van der Waals surface area contributed by atoms with Gasteiger partial charge in [-0.2, -0.15) is 0 Å². The van der Waals surface area contributed by atoms with Gasteiger partial charge < -0.3 is 23.7 Å². The van der Waals surface area contributed by atoms with Crippen molar-refractivity contribution in [3.8, 4) is 11.1 Å². The second-order valence-electron chi connectivity index (χ2n) is 9.87. The molecule has 2 aromatic heterocycles. The van der Waals surface area contributed by atoms with Gasteiger partial charge in [0, 0.05) is 63.3 Å². The maximum absolute atomic E-state index is 13.8. The molecule has 0 atom stereocenters. The average molecular weight is 514 g/mol. The predicted octanol–water partition coefficient (Wildman–Crippen LogP) is 4.28. The number of hydrogen-bond donors (Lipinski definition) is 0. The molecule has 8 nitrogen and oxygen atoms in total. The van der Waals surface area contributed by atoms with Crippen LogP contribution >= 0.6 is 0 Å². The van der Waals surface area contributed by atoms with E-state index in [0.29, 0.717) is 32.5 Å². The molecule has 0 N–H and O–H groups in total. The molecule has 0 aliphatic carbocycles. The monoisotopic (exact) mass is 513 g/mol. The van der Waals surface area contributed by atoms with Gasteiger partial charge in [0.15, 0.2) is 0 Å². The maximum Gasteiger partial charge on any atom is 0.305 e. The van der Waals surface area contributed by atoms with Crippen molar-refractivity contribution in [2.45, 2.75) is 32.9 Å². The van der Waals surface area contributed by atoms with Crippen LogP contribution in [0.4, 0.5) is 0 Å². The number of nitrogens with zero attached hydrogens (tertiary/aromatic N) is 5. The van der Waals surface area contributed by atoms with Gasteiger partial charge in [0.1, 0.15) is 0 Å². The average Bonchev–Trinajstić information content (AvgIpc) is 3.55. The second-order valence-corrected chi connectivity index (χ2v) is 9.87. The number of aryl methyl sites for hydroxylation is 1. The van der Waals surface area contributed by atoms with Gasteiger partial charge in [-0.3, -0.25) is 9.59 Å². The molecule has 0 bridgehead atoms. The first kappa shape index (κ1) is 25.7. The van der Waals surface area contributed by atoms with E-state index in [4.69, 9.17) is 4.74 Å². The van der Waals surface area contributed by atoms with Crippen LogP contribution in [-0.4, -0.2) is 75.6 Å². The summed E-state index contributed by atoms with van der Waals surface area (Å²) in [4.78, 5) is 34.1. The van der Waals surface area contributed by atoms with E-state index in [-0.39, 0.29) is 11.9 Å². The summed E-state index contributed by atoms with van der Waals surface area (Å²) in [6, 6.07) is 14.6. The number of rotatable bonds is 9. The number of imidazole rings is 1. The Morgan fingerprint density at radius 2 is 1.76 bits per heavy atom. The number of benzene rings is 2. The summed E-state index contributed by atoms with van der Waals surface area (Å²) < 4.78 is 9.20. The quantitative estimate of drug-likeness (QED) is 0.312. The fraction of sp³-hybridized carbons (Fsp3) is 0.367. The zero-order valence-electron chi connectivity index (χ0n) is 22.2. The van der Waals surface area contributed by atoms with Crippen molar-refractivity contribution < 1.29 is 14.3 Å². The zero-order chi connectivity index (χ0) is 26.5. The first-order chi connectivity index (χ1) is 18.5. The Kier molecular flexibility index (Phi) is 7.89. The number of amides is 1. The van der Waals surface area contributed by atoms with Gasteiger partial charge in [-0.1, -0.05) is 42.5 Å². The predicted molar refractivity (Wildman–Crippen MR) is 148 cm³/mol. The van der Waals surface area contributed by atoms with Gasteiger partial charge in [-0.15, -0.1) is 0 Å². The highest BCUT2D eigenvalue weighted by Gasteiger charge is 2.25. The lowest BCUT2D eigenvalue weighted by atomic mass is 9.97. The molecule has 0 spiro atoms. The molecule has 5 rings (SSSR count). The topological polar surface area (TPSA) is 72.6 Å². The molecule has 1 aliphatic rings. The number of fused-ring (bicyclic) bond motifs is 1. The van der Waals surface area contributed by atoms with Crippen molar-refractivity contribution in [1.82, 2.24) is 23.9 Å². The molecule has 4 aromatic rings. The van der Waals surface area contributed by atoms with Gasteiger partial charge in [0.2, 0.25) is 0 Å². The summed E-state index contributed by atoms with van der Waals surface area (Å²) in [7, 11) is 2.09. The minimum absolute atomic E-state index is 0.0720. The highest BCUT2D eigenvalue weighted by atomic mass is 16.5. The fourth-order valence-corrected chi connectivity index (χ4v) is 5.12. The third-order valence-corrected chi connectivity index (χ3v) is 7.21. The largest absolute Gasteiger partial charge is 0.466 e. The highest BCUT2D eigenvalue weighted by Crippen LogP contribution is 2.33. The van der Waals surface area contributed by atoms with E-state index in [0.717, 1.165) is 59.3 Å². The third kappa shape index (κ3) is 5.65. The van der Waals surface area contributed by atoms with E-state index in [2.05, 4.69) is 62.6 Å². The summed E-state index contributed by atoms with van der Waals surface area (Å²) >= 11 is 0. The highest BCUT2D eigenvalue weighted by molar-refractivity contribution is 6.06. The molecule has 8 heteroatoms. The first-order valence-electron chi connectivity index (χ1n) is 13.3. The Morgan fingerprint density at radius 1 is 0.974 bits per heavy atom. The van der Waals surface area contributed by atoms with Crippen LogP contribution in [0.3, 0.4) is 0 Å². The Hall–Kier alpha value is -3.91. The van der Waals surface area contributed by atoms with Gasteiger partial charge >= 0.3 is 5.97 Å². The van der Waals surface area contributed by atoms with Gasteiger partial charge in [-0.05, 0) is 36.7 Å². The first-order valence-corrected chi connectivity index (χ1v) is 13.3. The van der Waals surface area contributed by atoms with Crippen molar-refractivity contribution in [3.05, 3.63) is 78.6 Å². The molecule has 2 aromatic carbocycles. The van der Waals surface area contributed by atoms with Gasteiger partial charge in [0.05, 0.1) is 30.7 Å². The van der Waals surface area contributed by atoms with Crippen LogP contribution < -0.4 is 0 Å². The Morgan fingerprint density at radius 3 is 2.58 bits per heavy atom. The number of aromatic nitrogens is 3. The van der Waals surface area contributed by atoms with Crippen molar-refractivity contribution in [2.75, 3.05) is 39.8 Å². The molecule has 1 aliphatic heterocycles. The summed E-state index contributed by atoms with van der Waals surface area (Å²) in [6.07, 6.45) is 8.77. The van der Waals surface area contributed by atoms with E-state index < -0.39 is 0 Å². The van der Waals surface area contributed by atoms with Crippen molar-refractivity contribution in [1.29, 1.82) is 0 Å². The molecular weight excluding hydrogens is 478 g/mol. The molecule has 0 radical (unpaired) electrons. The van der Waals surface area contributed by atoms with Gasteiger partial charge in [0.25, 0.3) is 5.91 Å². The van der Waals surface area contributed by atoms with E-state index in [1.165, 1.54) is 0 Å². The lowest BCUT2D eigenvalue weighted by Crippen LogP contribution is -2.47. The Labute approximate surface area is 223 Å². The molecule has 1 saturated heterocycles. The number of carbonyl (C=O) groups excluding carboxylic acids is 2. The summed E-state index contributed by atoms with van der Waals surface area (Å²) in [6.45, 7) is 6.68. The Balaban J connectivity index is 1.44. The minimum atomic E-state index is -0.175. The number of likely N-dealkylation sites (N-methyl/N-ethyl adjacent to an activating group) is 1. The summed E-state index contributed by atoms with van der Waals surface area (Å²) in [5.41, 5.74) is 3.74. The molecule has 38 heavy (non-hydrogen) atoms. The number of hydrogen-bond acceptors (Lipinski definition) is 5. The molecule has 1 fully saturated rings. The standard InChI is InChI=1S/C30H35N5O3/c1-3-38-29(36)12-7-13-35-22-31-18-24(35)19-33-20-27(26-11-6-9-23-8-4-5-10-25(23)26)28(21-33)30(37)34-16-14-32(2)15-17-34/h4-6,8-11,18,20-22H,3,7,12-17,19H2,1-2H3. The van der Waals surface area contributed by atoms with E-state index in [9.17, 15) is 9.59 Å². The molecule has 0 saturated carbocycles. The van der Waals surface area contributed by atoms with Gasteiger partial charge in [-0.25, -0.2) is 4.98 Å². The number of ether oxygens (including phenoxy) is 1. The Bertz CT molecular complexity index is 1410. The van der Waals surface area contributed by atoms with E-state index in [1.54, 1.807) is 6.33 Å². The maximum atomic E-state index is 13.8. The number of carbonyl (C=O) groups is 2. The van der Waals surface area contributed by atoms with Crippen LogP contribution in [0.5, 0.6) is 0 Å². The van der Waals surface area contributed by atoms with E-state index in [1.807, 2.05) is 36.4 Å². The van der Waals surface area contributed by atoms with Crippen LogP contribution in [0, 0.1) is 0 Å². The number of esters is 1. The lowest BCUT2D eigenvalue weighted by molar-refractivity contribution is -0.143. The van der Waals surface area contributed by atoms with Crippen LogP contribution in [0.25, 0.3) is 21.9 Å². The van der Waals surface area contributed by atoms with Crippen LogP contribution in [0.15, 0.2) is 67.4 Å². The molecule has 3 heterocycles. The second kappa shape index (κ2) is 11.6. The molecule has 198 valence electrons. The molecular formula is C30H35N5O3. The van der Waals surface area contributed by atoms with Crippen molar-refractivity contribution >= 4 is 22.6 Å². The lowest BCUT2D eigenvalue weighted by Gasteiger charge is -2.32. The van der Waals surface area contributed by atoms with Crippen LogP contribution in [-0.2, 0) is 22.6 Å². The summed E-state index contributed by atoms with van der Waals surface area (Å²) in [5, 5.41) is 2.28. The number of piperazine rings is 1. The smallest absolute Gasteiger partial charge is 0.305 e.